The Morgan fingerprint density at radius 1 is 0.968 bits per heavy atom. The number of ether oxygens (including phenoxy) is 2. The molecule has 5 rings (SSSR count). The summed E-state index contributed by atoms with van der Waals surface area (Å²) in [5, 5.41) is 0. The summed E-state index contributed by atoms with van der Waals surface area (Å²) >= 11 is 0. The fourth-order valence-corrected chi connectivity index (χ4v) is 4.28. The second-order valence-electron chi connectivity index (χ2n) is 8.32. The Labute approximate surface area is 181 Å². The quantitative estimate of drug-likeness (QED) is 0.542. The maximum atomic E-state index is 13.2. The van der Waals surface area contributed by atoms with E-state index in [1.165, 1.54) is 0 Å². The third-order valence-corrected chi connectivity index (χ3v) is 6.30. The third kappa shape index (κ3) is 3.50. The average molecular weight is 413 g/mol. The Morgan fingerprint density at radius 2 is 1.71 bits per heavy atom. The van der Waals surface area contributed by atoms with Crippen LogP contribution in [0.5, 0.6) is 11.5 Å². The fourth-order valence-electron chi connectivity index (χ4n) is 4.28. The van der Waals surface area contributed by atoms with Crippen LogP contribution in [-0.4, -0.2) is 23.3 Å². The van der Waals surface area contributed by atoms with Gasteiger partial charge in [-0.05, 0) is 56.0 Å². The number of benzene rings is 2. The van der Waals surface area contributed by atoms with Crippen molar-refractivity contribution in [2.75, 3.05) is 6.79 Å². The van der Waals surface area contributed by atoms with E-state index in [9.17, 15) is 9.59 Å². The molecule has 3 aromatic rings. The van der Waals surface area contributed by atoms with E-state index >= 15 is 0 Å². The molecular formula is C26H23NO4. The lowest BCUT2D eigenvalue weighted by Gasteiger charge is -2.15. The summed E-state index contributed by atoms with van der Waals surface area (Å²) in [5.74, 6) is 1.69. The van der Waals surface area contributed by atoms with Crippen molar-refractivity contribution in [1.82, 2.24) is 4.98 Å². The molecule has 5 nitrogen and oxygen atoms in total. The van der Waals surface area contributed by atoms with Gasteiger partial charge in [-0.2, -0.15) is 0 Å². The van der Waals surface area contributed by atoms with Crippen LogP contribution in [0.1, 0.15) is 47.1 Å². The molecule has 5 heteroatoms. The molecule has 0 spiro atoms. The Kier molecular flexibility index (Phi) is 4.62. The highest BCUT2D eigenvalue weighted by molar-refractivity contribution is 5.95. The first-order valence-electron chi connectivity index (χ1n) is 10.5. The second kappa shape index (κ2) is 7.34. The maximum Gasteiger partial charge on any atom is 0.231 e. The van der Waals surface area contributed by atoms with Gasteiger partial charge < -0.3 is 9.47 Å². The van der Waals surface area contributed by atoms with Gasteiger partial charge in [0.25, 0.3) is 0 Å². The fraction of sp³-hybridized carbons (Fsp3) is 0.269. The van der Waals surface area contributed by atoms with Gasteiger partial charge in [-0.15, -0.1) is 0 Å². The minimum Gasteiger partial charge on any atom is -0.454 e. The van der Waals surface area contributed by atoms with E-state index in [1.807, 2.05) is 61.5 Å². The van der Waals surface area contributed by atoms with Gasteiger partial charge in [-0.1, -0.05) is 36.4 Å². The molecule has 0 atom stereocenters. The molecule has 1 saturated carbocycles. The number of carbonyl (C=O) groups excluding carboxylic acids is 2. The largest absolute Gasteiger partial charge is 0.454 e. The van der Waals surface area contributed by atoms with Crippen LogP contribution >= 0.6 is 0 Å². The van der Waals surface area contributed by atoms with Gasteiger partial charge >= 0.3 is 0 Å². The minimum atomic E-state index is -0.433. The minimum absolute atomic E-state index is 0.0479. The number of fused-ring (bicyclic) bond motifs is 1. The molecule has 2 heterocycles. The van der Waals surface area contributed by atoms with Crippen molar-refractivity contribution in [2.24, 2.45) is 0 Å². The van der Waals surface area contributed by atoms with E-state index in [-0.39, 0.29) is 18.4 Å². The molecule has 156 valence electrons. The van der Waals surface area contributed by atoms with E-state index in [0.717, 1.165) is 46.7 Å². The third-order valence-electron chi connectivity index (χ3n) is 6.30. The number of hydrogen-bond acceptors (Lipinski definition) is 5. The molecule has 2 aromatic carbocycles. The molecule has 0 N–H and O–H groups in total. The number of pyridine rings is 1. The highest BCUT2D eigenvalue weighted by Gasteiger charge is 2.51. The first-order chi connectivity index (χ1) is 15.0. The van der Waals surface area contributed by atoms with Crippen LogP contribution in [0, 0.1) is 6.92 Å². The molecule has 1 aliphatic heterocycles. The number of aryl methyl sites for hydroxylation is 1. The number of ketones is 2. The second-order valence-corrected chi connectivity index (χ2v) is 8.32. The monoisotopic (exact) mass is 413 g/mol. The zero-order valence-corrected chi connectivity index (χ0v) is 17.6. The Hall–Kier alpha value is -3.47. The average Bonchev–Trinajstić information content (AvgIpc) is 3.45. The van der Waals surface area contributed by atoms with Crippen LogP contribution in [-0.2, 0) is 16.6 Å². The Morgan fingerprint density at radius 3 is 2.39 bits per heavy atom. The van der Waals surface area contributed by atoms with E-state index in [2.05, 4.69) is 0 Å². The molecule has 1 fully saturated rings. The van der Waals surface area contributed by atoms with Crippen molar-refractivity contribution in [3.63, 3.8) is 0 Å². The molecule has 0 unspecified atom stereocenters. The van der Waals surface area contributed by atoms with Crippen molar-refractivity contribution in [3.8, 4) is 22.6 Å². The van der Waals surface area contributed by atoms with Crippen LogP contribution in [0.2, 0.25) is 0 Å². The molecule has 0 radical (unpaired) electrons. The number of nitrogens with zero attached hydrogens (tertiary/aromatic N) is 1. The summed E-state index contributed by atoms with van der Waals surface area (Å²) in [6.45, 7) is 3.74. The van der Waals surface area contributed by atoms with Gasteiger partial charge in [0.15, 0.2) is 17.3 Å². The van der Waals surface area contributed by atoms with Crippen LogP contribution in [0.3, 0.4) is 0 Å². The molecule has 1 aromatic heterocycles. The highest BCUT2D eigenvalue weighted by Crippen LogP contribution is 2.51. The number of rotatable bonds is 6. The molecular weight excluding hydrogens is 390 g/mol. The summed E-state index contributed by atoms with van der Waals surface area (Å²) in [6.07, 6.45) is 2.01. The number of hydrogen-bond donors (Lipinski definition) is 0. The predicted molar refractivity (Wildman–Crippen MR) is 117 cm³/mol. The Bertz CT molecular complexity index is 1190. The molecule has 2 aliphatic rings. The molecule has 31 heavy (non-hydrogen) atoms. The topological polar surface area (TPSA) is 65.5 Å². The first-order valence-corrected chi connectivity index (χ1v) is 10.5. The zero-order valence-electron chi connectivity index (χ0n) is 17.6. The summed E-state index contributed by atoms with van der Waals surface area (Å²) < 4.78 is 10.9. The van der Waals surface area contributed by atoms with Crippen LogP contribution < -0.4 is 9.47 Å². The maximum absolute atomic E-state index is 13.2. The van der Waals surface area contributed by atoms with Gasteiger partial charge in [-0.3, -0.25) is 14.6 Å². The molecule has 0 saturated heterocycles. The summed E-state index contributed by atoms with van der Waals surface area (Å²) in [6, 6.07) is 17.3. The van der Waals surface area contributed by atoms with Crippen LogP contribution in [0.15, 0.2) is 54.6 Å². The number of Topliss-reactive ketones (excluding diaryl/α,β-unsaturated/α-hetero) is 2. The van der Waals surface area contributed by atoms with Gasteiger partial charge in [-0.25, -0.2) is 0 Å². The van der Waals surface area contributed by atoms with Gasteiger partial charge in [0, 0.05) is 28.9 Å². The lowest BCUT2D eigenvalue weighted by Crippen LogP contribution is -2.23. The molecule has 0 amide bonds. The van der Waals surface area contributed by atoms with Crippen LogP contribution in [0.25, 0.3) is 11.1 Å². The van der Waals surface area contributed by atoms with Crippen molar-refractivity contribution >= 4 is 11.6 Å². The lowest BCUT2D eigenvalue weighted by atomic mass is 9.88. The normalized spacial score (nSPS) is 15.5. The molecule has 1 aliphatic carbocycles. The zero-order chi connectivity index (χ0) is 21.6. The first kappa shape index (κ1) is 19.5. The highest BCUT2D eigenvalue weighted by atomic mass is 16.7. The van der Waals surface area contributed by atoms with E-state index in [0.29, 0.717) is 17.7 Å². The van der Waals surface area contributed by atoms with Crippen molar-refractivity contribution < 1.29 is 19.1 Å². The smallest absolute Gasteiger partial charge is 0.231 e. The summed E-state index contributed by atoms with van der Waals surface area (Å²) in [4.78, 5) is 29.4. The Balaban J connectivity index is 1.35. The van der Waals surface area contributed by atoms with E-state index in [4.69, 9.17) is 14.5 Å². The predicted octanol–water partition coefficient (Wildman–Crippen LogP) is 4.83. The SMILES string of the molecule is CC(=O)c1ccc(-c2ccc(CC(=O)C3(c4ccc5c(c4)OCO5)CC3)nc2C)cc1. The van der Waals surface area contributed by atoms with E-state index in [1.54, 1.807) is 6.92 Å². The van der Waals surface area contributed by atoms with Crippen molar-refractivity contribution in [3.05, 3.63) is 77.1 Å². The van der Waals surface area contributed by atoms with Crippen LogP contribution in [0.4, 0.5) is 0 Å². The summed E-state index contributed by atoms with van der Waals surface area (Å²) in [7, 11) is 0. The van der Waals surface area contributed by atoms with Crippen molar-refractivity contribution in [1.29, 1.82) is 0 Å². The number of aromatic nitrogens is 1. The van der Waals surface area contributed by atoms with E-state index < -0.39 is 5.41 Å². The molecule has 0 bridgehead atoms. The van der Waals surface area contributed by atoms with Crippen molar-refractivity contribution in [2.45, 2.75) is 38.5 Å². The standard InChI is InChI=1S/C26H23NO4/c1-16-22(19-5-3-18(4-6-19)17(2)28)9-8-21(27-16)14-25(29)26(11-12-26)20-7-10-23-24(13-20)31-15-30-23/h3-10,13H,11-12,14-15H2,1-2H3. The van der Waals surface area contributed by atoms with Gasteiger partial charge in [0.05, 0.1) is 5.41 Å². The van der Waals surface area contributed by atoms with Gasteiger partial charge in [0.1, 0.15) is 5.78 Å². The number of carbonyl (C=O) groups is 2. The summed E-state index contributed by atoms with van der Waals surface area (Å²) in [5.41, 5.74) is 4.91. The lowest BCUT2D eigenvalue weighted by molar-refractivity contribution is -0.120. The van der Waals surface area contributed by atoms with Gasteiger partial charge in [0.2, 0.25) is 6.79 Å².